The minimum absolute atomic E-state index is 0.0513. The summed E-state index contributed by atoms with van der Waals surface area (Å²) in [7, 11) is 0. The zero-order chi connectivity index (χ0) is 38.3. The van der Waals surface area contributed by atoms with Crippen molar-refractivity contribution in [3.63, 3.8) is 0 Å². The van der Waals surface area contributed by atoms with Gasteiger partial charge in [0.15, 0.2) is 0 Å². The molecule has 0 aromatic carbocycles. The maximum atomic E-state index is 14.4. The van der Waals surface area contributed by atoms with Gasteiger partial charge in [0, 0.05) is 18.4 Å². The number of esters is 1. The molecule has 0 bridgehead atoms. The molecule has 5 fully saturated rings. The Balaban J connectivity index is 1.31. The van der Waals surface area contributed by atoms with Crippen molar-refractivity contribution >= 4 is 24.1 Å². The van der Waals surface area contributed by atoms with Gasteiger partial charge in [0.2, 0.25) is 5.91 Å². The SMILES string of the molecule is C=C(C)[C@@H]1CC[C@]2(C(=O)NCCCCCCCC(C)=O)CC[C@]3(C)[C@H](CC[C@@H]4[C@@]5(C)CC[C@H](OC(=O)CC(C)(C)OC=O)C(C)(C)[C@@H]5CC[C@]43C)[C@@H]12. The number of Topliss-reactive ketones (excluding diaryl/α,β-unsaturated/α-hetero) is 1. The number of rotatable bonds is 15. The van der Waals surface area contributed by atoms with Crippen molar-refractivity contribution in [3.05, 3.63) is 12.2 Å². The van der Waals surface area contributed by atoms with Crippen molar-refractivity contribution in [1.29, 1.82) is 0 Å². The second-order valence-corrected chi connectivity index (χ2v) is 20.3. The molecular weight excluding hydrogens is 650 g/mol. The fourth-order valence-corrected chi connectivity index (χ4v) is 13.8. The fourth-order valence-electron chi connectivity index (χ4n) is 13.8. The molecule has 5 rings (SSSR count). The van der Waals surface area contributed by atoms with Crippen molar-refractivity contribution in [1.82, 2.24) is 5.32 Å². The zero-order valence-corrected chi connectivity index (χ0v) is 34.4. The van der Waals surface area contributed by atoms with Gasteiger partial charge in [-0.3, -0.25) is 14.4 Å². The van der Waals surface area contributed by atoms with Crippen LogP contribution in [0.25, 0.3) is 0 Å². The number of nitrogens with one attached hydrogen (secondary N) is 1. The molecule has 52 heavy (non-hydrogen) atoms. The van der Waals surface area contributed by atoms with Crippen molar-refractivity contribution < 1.29 is 28.7 Å². The van der Waals surface area contributed by atoms with Gasteiger partial charge in [-0.1, -0.05) is 66.0 Å². The Morgan fingerprint density at radius 3 is 2.17 bits per heavy atom. The first-order chi connectivity index (χ1) is 24.3. The first kappa shape index (κ1) is 41.0. The van der Waals surface area contributed by atoms with Crippen molar-refractivity contribution in [3.8, 4) is 0 Å². The molecule has 0 spiro atoms. The Morgan fingerprint density at radius 2 is 1.50 bits per heavy atom. The molecule has 7 nitrogen and oxygen atoms in total. The predicted octanol–water partition coefficient (Wildman–Crippen LogP) is 9.94. The van der Waals surface area contributed by atoms with Crippen LogP contribution in [-0.2, 0) is 28.7 Å². The van der Waals surface area contributed by atoms with E-state index in [1.165, 1.54) is 24.8 Å². The van der Waals surface area contributed by atoms with E-state index < -0.39 is 5.60 Å². The molecule has 5 aliphatic rings. The number of hydrogen-bond acceptors (Lipinski definition) is 6. The minimum Gasteiger partial charge on any atom is -0.462 e. The van der Waals surface area contributed by atoms with E-state index in [1.807, 2.05) is 0 Å². The van der Waals surface area contributed by atoms with Gasteiger partial charge in [-0.15, -0.1) is 0 Å². The van der Waals surface area contributed by atoms with E-state index in [2.05, 4.69) is 53.4 Å². The molecule has 0 radical (unpaired) electrons. The van der Waals surface area contributed by atoms with Crippen LogP contribution in [0.5, 0.6) is 0 Å². The van der Waals surface area contributed by atoms with Crippen LogP contribution < -0.4 is 5.32 Å². The summed E-state index contributed by atoms with van der Waals surface area (Å²) in [6, 6.07) is 0. The van der Waals surface area contributed by atoms with E-state index in [1.54, 1.807) is 20.8 Å². The van der Waals surface area contributed by atoms with Gasteiger partial charge >= 0.3 is 5.97 Å². The summed E-state index contributed by atoms with van der Waals surface area (Å²) in [5, 5.41) is 3.46. The van der Waals surface area contributed by atoms with E-state index in [-0.39, 0.29) is 51.4 Å². The van der Waals surface area contributed by atoms with Crippen molar-refractivity contribution in [2.24, 2.45) is 56.7 Å². The summed E-state index contributed by atoms with van der Waals surface area (Å²) in [5.41, 5.74) is 0.378. The van der Waals surface area contributed by atoms with E-state index in [0.717, 1.165) is 83.6 Å². The van der Waals surface area contributed by atoms with Crippen LogP contribution >= 0.6 is 0 Å². The monoisotopic (exact) mass is 724 g/mol. The Hall–Kier alpha value is -2.18. The third kappa shape index (κ3) is 7.18. The lowest BCUT2D eigenvalue weighted by Gasteiger charge is -2.72. The van der Waals surface area contributed by atoms with Gasteiger partial charge in [-0.25, -0.2) is 0 Å². The van der Waals surface area contributed by atoms with Gasteiger partial charge in [-0.2, -0.15) is 0 Å². The number of amides is 1. The second-order valence-electron chi connectivity index (χ2n) is 20.3. The van der Waals surface area contributed by atoms with Gasteiger partial charge < -0.3 is 19.6 Å². The Kier molecular flexibility index (Phi) is 11.9. The molecule has 1 amide bonds. The maximum absolute atomic E-state index is 14.4. The van der Waals surface area contributed by atoms with Crippen LogP contribution in [0.2, 0.25) is 0 Å². The largest absolute Gasteiger partial charge is 0.462 e. The molecule has 1 N–H and O–H groups in total. The number of ketones is 1. The van der Waals surface area contributed by atoms with Gasteiger partial charge in [-0.05, 0) is 151 Å². The minimum atomic E-state index is -0.883. The summed E-state index contributed by atoms with van der Waals surface area (Å²) >= 11 is 0. The highest BCUT2D eigenvalue weighted by atomic mass is 16.6. The maximum Gasteiger partial charge on any atom is 0.310 e. The normalized spacial score (nSPS) is 39.2. The van der Waals surface area contributed by atoms with Crippen molar-refractivity contribution in [2.45, 2.75) is 183 Å². The molecular formula is C45H73NO6. The highest BCUT2D eigenvalue weighted by Gasteiger charge is 2.72. The average molecular weight is 724 g/mol. The van der Waals surface area contributed by atoms with E-state index in [9.17, 15) is 19.2 Å². The van der Waals surface area contributed by atoms with E-state index in [0.29, 0.717) is 48.4 Å². The third-order valence-electron chi connectivity index (χ3n) is 16.7. The van der Waals surface area contributed by atoms with Gasteiger partial charge in [0.1, 0.15) is 17.5 Å². The molecule has 10 atom stereocenters. The molecule has 0 unspecified atom stereocenters. The lowest BCUT2D eigenvalue weighted by molar-refractivity contribution is -0.249. The van der Waals surface area contributed by atoms with Crippen LogP contribution in [0.15, 0.2) is 12.2 Å². The van der Waals surface area contributed by atoms with Crippen LogP contribution in [0, 0.1) is 56.7 Å². The first-order valence-corrected chi connectivity index (χ1v) is 21.0. The second kappa shape index (κ2) is 15.2. The van der Waals surface area contributed by atoms with E-state index in [4.69, 9.17) is 9.47 Å². The summed E-state index contributed by atoms with van der Waals surface area (Å²) in [6.07, 6.45) is 16.6. The number of hydrogen-bond donors (Lipinski definition) is 1. The Morgan fingerprint density at radius 1 is 0.808 bits per heavy atom. The summed E-state index contributed by atoms with van der Waals surface area (Å²) in [6.45, 7) is 25.5. The predicted molar refractivity (Wildman–Crippen MR) is 206 cm³/mol. The molecule has 0 aliphatic heterocycles. The van der Waals surface area contributed by atoms with Crippen LogP contribution in [0.3, 0.4) is 0 Å². The summed E-state index contributed by atoms with van der Waals surface area (Å²) in [5.74, 6) is 2.56. The molecule has 5 aliphatic carbocycles. The topological polar surface area (TPSA) is 98.8 Å². The summed E-state index contributed by atoms with van der Waals surface area (Å²) < 4.78 is 11.4. The quantitative estimate of drug-likeness (QED) is 0.0782. The average Bonchev–Trinajstić information content (AvgIpc) is 3.45. The lowest BCUT2D eigenvalue weighted by atomic mass is 9.32. The van der Waals surface area contributed by atoms with Gasteiger partial charge in [0.05, 0.1) is 11.8 Å². The molecule has 294 valence electrons. The molecule has 0 aromatic heterocycles. The number of unbranched alkanes of at least 4 members (excludes halogenated alkanes) is 4. The molecule has 5 saturated carbocycles. The number of ether oxygens (including phenoxy) is 2. The Labute approximate surface area is 316 Å². The first-order valence-electron chi connectivity index (χ1n) is 21.0. The molecule has 0 saturated heterocycles. The highest BCUT2D eigenvalue weighted by Crippen LogP contribution is 2.77. The molecule has 0 heterocycles. The highest BCUT2D eigenvalue weighted by molar-refractivity contribution is 5.84. The fraction of sp³-hybridized carbons (Fsp3) is 0.867. The number of carbonyl (C=O) groups excluding carboxylic acids is 4. The Bertz CT molecular complexity index is 1370. The van der Waals surface area contributed by atoms with Crippen LogP contribution in [0.1, 0.15) is 171 Å². The molecule has 0 aromatic rings. The number of allylic oxidation sites excluding steroid dienone is 1. The zero-order valence-electron chi connectivity index (χ0n) is 34.4. The van der Waals surface area contributed by atoms with E-state index >= 15 is 0 Å². The lowest BCUT2D eigenvalue weighted by Crippen LogP contribution is -2.67. The summed E-state index contributed by atoms with van der Waals surface area (Å²) in [4.78, 5) is 49.8. The van der Waals surface area contributed by atoms with Gasteiger partial charge in [0.25, 0.3) is 6.47 Å². The number of carbonyl (C=O) groups is 4. The van der Waals surface area contributed by atoms with Crippen LogP contribution in [0.4, 0.5) is 0 Å². The van der Waals surface area contributed by atoms with Crippen LogP contribution in [-0.4, -0.2) is 42.4 Å². The van der Waals surface area contributed by atoms with Crippen molar-refractivity contribution in [2.75, 3.05) is 6.54 Å². The smallest absolute Gasteiger partial charge is 0.310 e. The third-order valence-corrected chi connectivity index (χ3v) is 16.7. The molecule has 7 heteroatoms. The standard InChI is InChI=1S/C45H73NO6/c1-30(2)32-19-24-45(39(50)46-27-15-13-11-12-14-16-31(3)48)26-25-43(9)33(38(32)45)17-18-35-42(8)22-21-36(52-37(49)28-40(4,5)51-29-47)41(6,7)34(42)20-23-44(35,43)10/h29,32-36,38H,1,11-28H2,2-10H3,(H,46,50)/t32-,33+,34-,35+,36-,38+,42-,43+,44+,45-/m0/s1. The number of fused-ring (bicyclic) bond motifs is 7.